The Hall–Kier alpha value is -2.42. The van der Waals surface area contributed by atoms with Gasteiger partial charge in [0, 0.05) is 25.2 Å². The standard InChI is InChI=1S/C22H25N3O3S2/c1-14-6-7-15(2)20(10-14)23-21(26)13-29-22-11-16(3)18-12-17(8-9-19(18)24-22)30(27,28)25(4)5/h6-12H,13H2,1-5H3,(H,23,26). The van der Waals surface area contributed by atoms with Gasteiger partial charge >= 0.3 is 0 Å². The Labute approximate surface area is 181 Å². The summed E-state index contributed by atoms with van der Waals surface area (Å²) in [7, 11) is -0.490. The second kappa shape index (κ2) is 8.75. The molecule has 0 unspecified atom stereocenters. The first-order valence-corrected chi connectivity index (χ1v) is 11.8. The van der Waals surface area contributed by atoms with Gasteiger partial charge in [-0.1, -0.05) is 23.9 Å². The number of carbonyl (C=O) groups is 1. The van der Waals surface area contributed by atoms with Crippen molar-refractivity contribution in [2.24, 2.45) is 0 Å². The fourth-order valence-corrected chi connectivity index (χ4v) is 4.69. The molecule has 3 rings (SSSR count). The van der Waals surface area contributed by atoms with E-state index >= 15 is 0 Å². The molecule has 1 aromatic heterocycles. The zero-order valence-corrected chi connectivity index (χ0v) is 19.3. The van der Waals surface area contributed by atoms with Gasteiger partial charge < -0.3 is 5.32 Å². The molecule has 8 heteroatoms. The smallest absolute Gasteiger partial charge is 0.242 e. The number of aryl methyl sites for hydroxylation is 3. The van der Waals surface area contributed by atoms with Crippen molar-refractivity contribution in [3.8, 4) is 0 Å². The molecule has 158 valence electrons. The van der Waals surface area contributed by atoms with E-state index in [0.29, 0.717) is 5.52 Å². The van der Waals surface area contributed by atoms with Gasteiger partial charge in [-0.3, -0.25) is 4.79 Å². The lowest BCUT2D eigenvalue weighted by molar-refractivity contribution is -0.113. The van der Waals surface area contributed by atoms with E-state index in [2.05, 4.69) is 10.3 Å². The van der Waals surface area contributed by atoms with E-state index in [1.54, 1.807) is 18.2 Å². The van der Waals surface area contributed by atoms with Gasteiger partial charge in [0.2, 0.25) is 15.9 Å². The molecule has 0 atom stereocenters. The second-order valence-electron chi connectivity index (χ2n) is 7.40. The molecule has 2 aromatic carbocycles. The van der Waals surface area contributed by atoms with Crippen LogP contribution >= 0.6 is 11.8 Å². The second-order valence-corrected chi connectivity index (χ2v) is 10.5. The van der Waals surface area contributed by atoms with Gasteiger partial charge in [0.1, 0.15) is 0 Å². The van der Waals surface area contributed by atoms with Gasteiger partial charge in [-0.2, -0.15) is 0 Å². The highest BCUT2D eigenvalue weighted by molar-refractivity contribution is 7.99. The molecule has 0 spiro atoms. The number of pyridine rings is 1. The molecule has 1 amide bonds. The fraction of sp³-hybridized carbons (Fsp3) is 0.273. The summed E-state index contributed by atoms with van der Waals surface area (Å²) in [6, 6.07) is 12.7. The lowest BCUT2D eigenvalue weighted by atomic mass is 10.1. The summed E-state index contributed by atoms with van der Waals surface area (Å²) in [6.45, 7) is 5.86. The Kier molecular flexibility index (Phi) is 6.50. The van der Waals surface area contributed by atoms with E-state index in [4.69, 9.17) is 0 Å². The number of fused-ring (bicyclic) bond motifs is 1. The number of aromatic nitrogens is 1. The predicted molar refractivity (Wildman–Crippen MR) is 123 cm³/mol. The van der Waals surface area contributed by atoms with Crippen molar-refractivity contribution in [2.75, 3.05) is 25.2 Å². The lowest BCUT2D eigenvalue weighted by Gasteiger charge is -2.13. The average Bonchev–Trinajstić information content (AvgIpc) is 2.69. The Morgan fingerprint density at radius 2 is 1.77 bits per heavy atom. The predicted octanol–water partition coefficient (Wildman–Crippen LogP) is 4.14. The Morgan fingerprint density at radius 1 is 1.03 bits per heavy atom. The van der Waals surface area contributed by atoms with Crippen molar-refractivity contribution in [1.82, 2.24) is 9.29 Å². The van der Waals surface area contributed by atoms with Gasteiger partial charge in [-0.05, 0) is 67.8 Å². The molecular formula is C22H25N3O3S2. The number of carbonyl (C=O) groups excluding carboxylic acids is 1. The first-order chi connectivity index (χ1) is 14.1. The van der Waals surface area contributed by atoms with Crippen LogP contribution in [0.4, 0.5) is 5.69 Å². The number of rotatable bonds is 6. The number of thioether (sulfide) groups is 1. The zero-order chi connectivity index (χ0) is 22.1. The highest BCUT2D eigenvalue weighted by Crippen LogP contribution is 2.27. The minimum absolute atomic E-state index is 0.0966. The first-order valence-electron chi connectivity index (χ1n) is 9.42. The molecule has 3 aromatic rings. The Bertz CT molecular complexity index is 1220. The fourth-order valence-electron chi connectivity index (χ4n) is 2.98. The highest BCUT2D eigenvalue weighted by atomic mass is 32.2. The summed E-state index contributed by atoms with van der Waals surface area (Å²) in [5.41, 5.74) is 4.53. The van der Waals surface area contributed by atoms with Gasteiger partial charge in [0.25, 0.3) is 0 Å². The van der Waals surface area contributed by atoms with Crippen molar-refractivity contribution < 1.29 is 13.2 Å². The topological polar surface area (TPSA) is 79.4 Å². The lowest BCUT2D eigenvalue weighted by Crippen LogP contribution is -2.22. The van der Waals surface area contributed by atoms with Crippen molar-refractivity contribution in [3.05, 3.63) is 59.2 Å². The van der Waals surface area contributed by atoms with Crippen LogP contribution in [0, 0.1) is 20.8 Å². The number of hydrogen-bond donors (Lipinski definition) is 1. The summed E-state index contributed by atoms with van der Waals surface area (Å²) in [4.78, 5) is 17.2. The average molecular weight is 444 g/mol. The monoisotopic (exact) mass is 443 g/mol. The molecule has 0 radical (unpaired) electrons. The SMILES string of the molecule is Cc1ccc(C)c(NC(=O)CSc2cc(C)c3cc(S(=O)(=O)N(C)C)ccc3n2)c1. The molecule has 0 aliphatic rings. The number of amides is 1. The molecule has 30 heavy (non-hydrogen) atoms. The quantitative estimate of drug-likeness (QED) is 0.579. The van der Waals surface area contributed by atoms with Crippen LogP contribution in [0.25, 0.3) is 10.9 Å². The number of hydrogen-bond acceptors (Lipinski definition) is 5. The molecule has 0 bridgehead atoms. The zero-order valence-electron chi connectivity index (χ0n) is 17.7. The van der Waals surface area contributed by atoms with Crippen molar-refractivity contribution in [1.29, 1.82) is 0 Å². The summed E-state index contributed by atoms with van der Waals surface area (Å²) >= 11 is 1.35. The third kappa shape index (κ3) is 4.83. The molecule has 0 saturated carbocycles. The molecule has 0 saturated heterocycles. The number of anilines is 1. The van der Waals surface area contributed by atoms with Crippen LogP contribution in [-0.4, -0.2) is 43.5 Å². The molecule has 0 aliphatic heterocycles. The summed E-state index contributed by atoms with van der Waals surface area (Å²) < 4.78 is 26.0. The Balaban J connectivity index is 1.77. The number of nitrogens with zero attached hydrogens (tertiary/aromatic N) is 2. The third-order valence-corrected chi connectivity index (χ3v) is 7.48. The van der Waals surface area contributed by atoms with Crippen LogP contribution < -0.4 is 5.32 Å². The molecule has 0 fully saturated rings. The van der Waals surface area contributed by atoms with Gasteiger partial charge in [-0.25, -0.2) is 17.7 Å². The van der Waals surface area contributed by atoms with Crippen LogP contribution in [0.1, 0.15) is 16.7 Å². The molecule has 1 heterocycles. The van der Waals surface area contributed by atoms with E-state index in [0.717, 1.165) is 32.8 Å². The minimum Gasteiger partial charge on any atom is -0.325 e. The third-order valence-electron chi connectivity index (χ3n) is 4.76. The summed E-state index contributed by atoms with van der Waals surface area (Å²) in [5.74, 6) is 0.138. The van der Waals surface area contributed by atoms with E-state index < -0.39 is 10.0 Å². The van der Waals surface area contributed by atoms with Crippen molar-refractivity contribution in [3.63, 3.8) is 0 Å². The van der Waals surface area contributed by atoms with Crippen LogP contribution in [0.2, 0.25) is 0 Å². The van der Waals surface area contributed by atoms with E-state index in [1.165, 1.54) is 30.2 Å². The minimum atomic E-state index is -3.51. The van der Waals surface area contributed by atoms with Crippen LogP contribution in [0.5, 0.6) is 0 Å². The molecular weight excluding hydrogens is 418 g/mol. The molecule has 6 nitrogen and oxygen atoms in total. The van der Waals surface area contributed by atoms with Crippen molar-refractivity contribution in [2.45, 2.75) is 30.7 Å². The normalized spacial score (nSPS) is 11.8. The number of benzene rings is 2. The van der Waals surface area contributed by atoms with Gasteiger partial charge in [-0.15, -0.1) is 0 Å². The van der Waals surface area contributed by atoms with Gasteiger partial charge in [0.15, 0.2) is 0 Å². The van der Waals surface area contributed by atoms with Crippen LogP contribution in [0.15, 0.2) is 52.4 Å². The number of sulfonamides is 1. The summed E-state index contributed by atoms with van der Waals surface area (Å²) in [6.07, 6.45) is 0. The largest absolute Gasteiger partial charge is 0.325 e. The maximum Gasteiger partial charge on any atom is 0.242 e. The highest BCUT2D eigenvalue weighted by Gasteiger charge is 2.18. The van der Waals surface area contributed by atoms with E-state index in [9.17, 15) is 13.2 Å². The maximum atomic E-state index is 12.4. The van der Waals surface area contributed by atoms with Crippen LogP contribution in [-0.2, 0) is 14.8 Å². The van der Waals surface area contributed by atoms with E-state index in [-0.39, 0.29) is 16.6 Å². The van der Waals surface area contributed by atoms with Crippen molar-refractivity contribution >= 4 is 44.3 Å². The summed E-state index contributed by atoms with van der Waals surface area (Å²) in [5, 5.41) is 4.45. The van der Waals surface area contributed by atoms with Gasteiger partial charge in [0.05, 0.1) is 21.2 Å². The molecule has 0 aliphatic carbocycles. The maximum absolute atomic E-state index is 12.4. The first kappa shape index (κ1) is 22.3. The Morgan fingerprint density at radius 3 is 2.47 bits per heavy atom. The number of nitrogens with one attached hydrogen (secondary N) is 1. The molecule has 1 N–H and O–H groups in total. The van der Waals surface area contributed by atoms with Crippen LogP contribution in [0.3, 0.4) is 0 Å². The van der Waals surface area contributed by atoms with E-state index in [1.807, 2.05) is 45.0 Å².